The number of rotatable bonds is 7. The molecular weight excluding hydrogens is 276 g/mol. The Morgan fingerprint density at radius 3 is 2.80 bits per heavy atom. The lowest BCUT2D eigenvalue weighted by atomic mass is 9.97. The van der Waals surface area contributed by atoms with Crippen molar-refractivity contribution < 1.29 is 8.42 Å². The molecule has 4 N–H and O–H groups in total. The largest absolute Gasteiger partial charge is 0.357 e. The third-order valence-corrected chi connectivity index (χ3v) is 3.87. The van der Waals surface area contributed by atoms with E-state index in [1.807, 2.05) is 6.92 Å². The van der Waals surface area contributed by atoms with Crippen LogP contribution in [-0.4, -0.2) is 39.8 Å². The number of nitrogens with zero attached hydrogens (tertiary/aromatic N) is 1. The minimum atomic E-state index is -3.44. The lowest BCUT2D eigenvalue weighted by molar-refractivity contribution is 0.597. The van der Waals surface area contributed by atoms with E-state index in [-0.39, 0.29) is 12.3 Å². The Bertz CT molecular complexity index is 443. The number of sulfonamides is 1. The number of aliphatic imine (C=N–C) groups is 1. The van der Waals surface area contributed by atoms with Crippen LogP contribution >= 0.6 is 0 Å². The minimum Gasteiger partial charge on any atom is -0.357 e. The van der Waals surface area contributed by atoms with Crippen LogP contribution in [-0.2, 0) is 10.0 Å². The van der Waals surface area contributed by atoms with Gasteiger partial charge in [-0.25, -0.2) is 13.6 Å². The van der Waals surface area contributed by atoms with Gasteiger partial charge in [-0.15, -0.1) is 0 Å². The highest BCUT2D eigenvalue weighted by molar-refractivity contribution is 7.89. The van der Waals surface area contributed by atoms with E-state index in [0.29, 0.717) is 5.96 Å². The summed E-state index contributed by atoms with van der Waals surface area (Å²) in [6, 6.07) is 0. The number of allylic oxidation sites excluding steroid dienone is 1. The maximum atomic E-state index is 10.9. The SMILES string of the molecule is CCNC(=NCCS(N)(=O)=O)NCCC1=CCCCC1. The summed E-state index contributed by atoms with van der Waals surface area (Å²) in [6.45, 7) is 3.70. The Hall–Kier alpha value is -1.08. The van der Waals surface area contributed by atoms with Crippen LogP contribution in [0.5, 0.6) is 0 Å². The number of hydrogen-bond donors (Lipinski definition) is 3. The number of primary sulfonamides is 1. The molecule has 0 atom stereocenters. The first-order chi connectivity index (χ1) is 9.51. The van der Waals surface area contributed by atoms with Crippen molar-refractivity contribution in [3.8, 4) is 0 Å². The molecule has 20 heavy (non-hydrogen) atoms. The maximum absolute atomic E-state index is 10.9. The predicted molar refractivity (Wildman–Crippen MR) is 83.1 cm³/mol. The number of hydrogen-bond acceptors (Lipinski definition) is 3. The van der Waals surface area contributed by atoms with E-state index in [0.717, 1.165) is 19.5 Å². The van der Waals surface area contributed by atoms with Crippen molar-refractivity contribution in [1.29, 1.82) is 0 Å². The standard InChI is InChI=1S/C13H26N4O2S/c1-2-15-13(17-10-11-20(14,18)19)16-9-8-12-6-4-3-5-7-12/h6H,2-5,7-11H2,1H3,(H2,14,18,19)(H2,15,16,17). The minimum absolute atomic E-state index is 0.130. The Morgan fingerprint density at radius 2 is 2.20 bits per heavy atom. The molecule has 0 aromatic carbocycles. The van der Waals surface area contributed by atoms with Crippen LogP contribution in [0.3, 0.4) is 0 Å². The van der Waals surface area contributed by atoms with Gasteiger partial charge in [0.2, 0.25) is 10.0 Å². The van der Waals surface area contributed by atoms with Crippen molar-refractivity contribution in [3.05, 3.63) is 11.6 Å². The summed E-state index contributed by atoms with van der Waals surface area (Å²) in [5.41, 5.74) is 1.50. The maximum Gasteiger partial charge on any atom is 0.210 e. The van der Waals surface area contributed by atoms with E-state index >= 15 is 0 Å². The molecule has 0 bridgehead atoms. The average Bonchev–Trinajstić information content (AvgIpc) is 2.38. The third-order valence-electron chi connectivity index (χ3n) is 3.11. The van der Waals surface area contributed by atoms with Crippen LogP contribution in [0.15, 0.2) is 16.6 Å². The molecule has 0 saturated carbocycles. The quantitative estimate of drug-likeness (QED) is 0.367. The highest BCUT2D eigenvalue weighted by Crippen LogP contribution is 2.19. The summed E-state index contributed by atoms with van der Waals surface area (Å²) in [7, 11) is -3.44. The molecule has 1 aliphatic carbocycles. The second-order valence-electron chi connectivity index (χ2n) is 4.91. The lowest BCUT2D eigenvalue weighted by Gasteiger charge is -2.15. The summed E-state index contributed by atoms with van der Waals surface area (Å²) in [5, 5.41) is 11.3. The summed E-state index contributed by atoms with van der Waals surface area (Å²) in [4.78, 5) is 4.20. The van der Waals surface area contributed by atoms with E-state index in [2.05, 4.69) is 21.7 Å². The zero-order valence-corrected chi connectivity index (χ0v) is 13.0. The van der Waals surface area contributed by atoms with Gasteiger partial charge < -0.3 is 10.6 Å². The summed E-state index contributed by atoms with van der Waals surface area (Å²) in [6.07, 6.45) is 8.32. The van der Waals surface area contributed by atoms with E-state index in [1.54, 1.807) is 0 Å². The Balaban J connectivity index is 2.34. The highest BCUT2D eigenvalue weighted by atomic mass is 32.2. The van der Waals surface area contributed by atoms with E-state index in [4.69, 9.17) is 5.14 Å². The molecule has 0 aliphatic heterocycles. The van der Waals surface area contributed by atoms with E-state index < -0.39 is 10.0 Å². The fraction of sp³-hybridized carbons (Fsp3) is 0.769. The lowest BCUT2D eigenvalue weighted by Crippen LogP contribution is -2.38. The monoisotopic (exact) mass is 302 g/mol. The predicted octanol–water partition coefficient (Wildman–Crippen LogP) is 0.721. The summed E-state index contributed by atoms with van der Waals surface area (Å²) < 4.78 is 21.7. The first kappa shape index (κ1) is 17.0. The van der Waals surface area contributed by atoms with Gasteiger partial charge in [-0.3, -0.25) is 4.99 Å². The molecule has 6 nitrogen and oxygen atoms in total. The molecule has 116 valence electrons. The molecule has 0 spiro atoms. The highest BCUT2D eigenvalue weighted by Gasteiger charge is 2.05. The van der Waals surface area contributed by atoms with Crippen molar-refractivity contribution in [2.24, 2.45) is 10.1 Å². The molecule has 0 unspecified atom stereocenters. The van der Waals surface area contributed by atoms with Gasteiger partial charge in [-0.2, -0.15) is 0 Å². The first-order valence-electron chi connectivity index (χ1n) is 7.22. The Labute approximate surface area is 122 Å². The van der Waals surface area contributed by atoms with E-state index in [1.165, 1.54) is 31.3 Å². The fourth-order valence-corrected chi connectivity index (χ4v) is 2.45. The van der Waals surface area contributed by atoms with Crippen LogP contribution in [0.25, 0.3) is 0 Å². The van der Waals surface area contributed by atoms with E-state index in [9.17, 15) is 8.42 Å². The topological polar surface area (TPSA) is 96.6 Å². The molecule has 7 heteroatoms. The number of guanidine groups is 1. The molecule has 0 radical (unpaired) electrons. The molecule has 0 amide bonds. The molecule has 0 fully saturated rings. The van der Waals surface area contributed by atoms with Crippen LogP contribution in [0, 0.1) is 0 Å². The van der Waals surface area contributed by atoms with Crippen molar-refractivity contribution >= 4 is 16.0 Å². The van der Waals surface area contributed by atoms with Gasteiger partial charge in [0.05, 0.1) is 12.3 Å². The summed E-state index contributed by atoms with van der Waals surface area (Å²) in [5.74, 6) is 0.516. The van der Waals surface area contributed by atoms with Crippen molar-refractivity contribution in [3.63, 3.8) is 0 Å². The van der Waals surface area contributed by atoms with Gasteiger partial charge >= 0.3 is 0 Å². The van der Waals surface area contributed by atoms with Gasteiger partial charge in [0.15, 0.2) is 5.96 Å². The molecule has 1 rings (SSSR count). The second-order valence-corrected chi connectivity index (χ2v) is 6.65. The molecule has 1 aliphatic rings. The summed E-state index contributed by atoms with van der Waals surface area (Å²) >= 11 is 0. The Morgan fingerprint density at radius 1 is 1.40 bits per heavy atom. The zero-order chi connectivity index (χ0) is 14.8. The van der Waals surface area contributed by atoms with Gasteiger partial charge in [-0.05, 0) is 39.0 Å². The molecule has 0 aromatic rings. The normalized spacial score (nSPS) is 16.7. The fourth-order valence-electron chi connectivity index (χ4n) is 2.10. The number of nitrogens with one attached hydrogen (secondary N) is 2. The first-order valence-corrected chi connectivity index (χ1v) is 8.93. The van der Waals surface area contributed by atoms with Crippen molar-refractivity contribution in [1.82, 2.24) is 10.6 Å². The average molecular weight is 302 g/mol. The van der Waals surface area contributed by atoms with Crippen LogP contribution < -0.4 is 15.8 Å². The van der Waals surface area contributed by atoms with Crippen molar-refractivity contribution in [2.75, 3.05) is 25.4 Å². The zero-order valence-electron chi connectivity index (χ0n) is 12.2. The van der Waals surface area contributed by atoms with Crippen LogP contribution in [0.4, 0.5) is 0 Å². The van der Waals surface area contributed by atoms with Crippen LogP contribution in [0.2, 0.25) is 0 Å². The van der Waals surface area contributed by atoms with Crippen LogP contribution in [0.1, 0.15) is 39.0 Å². The van der Waals surface area contributed by atoms with Crippen molar-refractivity contribution in [2.45, 2.75) is 39.0 Å². The molecule has 0 saturated heterocycles. The third kappa shape index (κ3) is 8.16. The molecular formula is C13H26N4O2S. The van der Waals surface area contributed by atoms with Gasteiger partial charge in [0.25, 0.3) is 0 Å². The molecule has 0 heterocycles. The van der Waals surface area contributed by atoms with Gasteiger partial charge in [0, 0.05) is 13.1 Å². The number of nitrogens with two attached hydrogens (primary N) is 1. The Kier molecular flexibility index (Phi) is 7.61. The van der Waals surface area contributed by atoms with Gasteiger partial charge in [-0.1, -0.05) is 11.6 Å². The second kappa shape index (κ2) is 8.97. The smallest absolute Gasteiger partial charge is 0.210 e. The molecule has 0 aromatic heterocycles. The van der Waals surface area contributed by atoms with Gasteiger partial charge in [0.1, 0.15) is 0 Å².